The first kappa shape index (κ1) is 14.5. The molecule has 2 N–H and O–H groups in total. The van der Waals surface area contributed by atoms with Crippen LogP contribution < -0.4 is 0 Å². The van der Waals surface area contributed by atoms with Crippen molar-refractivity contribution in [2.24, 2.45) is 0 Å². The molecule has 0 aromatic heterocycles. The average molecular weight is 321 g/mol. The Balaban J connectivity index is 2.58. The molecule has 1 aromatic rings. The Labute approximate surface area is 104 Å². The molecule has 5 nitrogen and oxygen atoms in total. The number of benzene rings is 1. The van der Waals surface area contributed by atoms with E-state index in [4.69, 9.17) is 12.9 Å². The van der Waals surface area contributed by atoms with Crippen LogP contribution in [0.3, 0.4) is 0 Å². The zero-order valence-electron chi connectivity index (χ0n) is 9.75. The Morgan fingerprint density at radius 2 is 1.76 bits per heavy atom. The van der Waals surface area contributed by atoms with Crippen molar-refractivity contribution in [2.75, 3.05) is 0 Å². The second kappa shape index (κ2) is 5.39. The van der Waals surface area contributed by atoms with Crippen LogP contribution in [0.15, 0.2) is 24.3 Å². The second-order valence-corrected chi connectivity index (χ2v) is 14.9. The molecular formula is C10H16GeO5S. The van der Waals surface area contributed by atoms with Gasteiger partial charge in [-0.1, -0.05) is 0 Å². The van der Waals surface area contributed by atoms with Gasteiger partial charge in [0.05, 0.1) is 0 Å². The van der Waals surface area contributed by atoms with Crippen molar-refractivity contribution in [3.05, 3.63) is 29.8 Å². The summed E-state index contributed by atoms with van der Waals surface area (Å²) in [5, 5.41) is 9.73. The summed E-state index contributed by atoms with van der Waals surface area (Å²) in [6, 6.07) is 6.72. The van der Waals surface area contributed by atoms with E-state index in [0.29, 0.717) is 11.7 Å². The van der Waals surface area contributed by atoms with Gasteiger partial charge in [-0.2, -0.15) is 0 Å². The molecule has 0 unspecified atom stereocenters. The van der Waals surface area contributed by atoms with Crippen molar-refractivity contribution in [3.63, 3.8) is 0 Å². The molecule has 0 radical (unpaired) electrons. The zero-order valence-corrected chi connectivity index (χ0v) is 12.7. The van der Waals surface area contributed by atoms with E-state index in [9.17, 15) is 8.42 Å². The van der Waals surface area contributed by atoms with Crippen molar-refractivity contribution in [3.8, 4) is 5.75 Å². The minimum atomic E-state index is -4.35. The van der Waals surface area contributed by atoms with Gasteiger partial charge in [-0.05, 0) is 0 Å². The third kappa shape index (κ3) is 6.06. The van der Waals surface area contributed by atoms with Gasteiger partial charge in [-0.3, -0.25) is 0 Å². The number of aromatic hydroxyl groups is 1. The topological polar surface area (TPSA) is 83.8 Å². The van der Waals surface area contributed by atoms with Crippen LogP contribution in [-0.2, 0) is 20.0 Å². The second-order valence-electron chi connectivity index (χ2n) is 4.44. The summed E-state index contributed by atoms with van der Waals surface area (Å²) < 4.78 is 34.7. The maximum absolute atomic E-state index is 10.7. The molecule has 0 fully saturated rings. The van der Waals surface area contributed by atoms with Crippen LogP contribution in [0.2, 0.25) is 16.8 Å². The van der Waals surface area contributed by atoms with E-state index >= 15 is 0 Å². The molecule has 0 aliphatic carbocycles. The van der Waals surface area contributed by atoms with Crippen LogP contribution in [0.25, 0.3) is 0 Å². The number of phenolic OH excluding ortho intramolecular Hbond substituents is 1. The summed E-state index contributed by atoms with van der Waals surface area (Å²) in [7, 11) is -4.35. The quantitative estimate of drug-likeness (QED) is 0.640. The SMILES string of the molecule is [CH3][Ge]([CH3])([CH2]Cc1ccc(O)cc1)[O]S(=O)(=O)O. The molecule has 1 aromatic carbocycles. The monoisotopic (exact) mass is 322 g/mol. The molecule has 17 heavy (non-hydrogen) atoms. The molecule has 0 bridgehead atoms. The van der Waals surface area contributed by atoms with Crippen LogP contribution in [0.4, 0.5) is 0 Å². The van der Waals surface area contributed by atoms with E-state index in [1.165, 1.54) is 0 Å². The third-order valence-electron chi connectivity index (χ3n) is 2.28. The van der Waals surface area contributed by atoms with Crippen molar-refractivity contribution < 1.29 is 21.3 Å². The fraction of sp³-hybridized carbons (Fsp3) is 0.400. The van der Waals surface area contributed by atoms with E-state index < -0.39 is 24.0 Å². The minimum absolute atomic E-state index is 0.198. The fourth-order valence-corrected chi connectivity index (χ4v) is 8.07. The summed E-state index contributed by atoms with van der Waals surface area (Å²) in [4.78, 5) is 0. The van der Waals surface area contributed by atoms with Gasteiger partial charge >= 0.3 is 104 Å². The summed E-state index contributed by atoms with van der Waals surface area (Å²) >= 11 is -2.95. The average Bonchev–Trinajstić information content (AvgIpc) is 2.13. The Kier molecular flexibility index (Phi) is 4.59. The van der Waals surface area contributed by atoms with Gasteiger partial charge in [0.15, 0.2) is 0 Å². The molecule has 0 saturated heterocycles. The summed E-state index contributed by atoms with van der Waals surface area (Å²) in [6.07, 6.45) is 0.669. The van der Waals surface area contributed by atoms with E-state index in [1.807, 2.05) is 0 Å². The molecule has 0 aliphatic heterocycles. The fourth-order valence-electron chi connectivity index (χ4n) is 1.43. The van der Waals surface area contributed by atoms with Crippen molar-refractivity contribution in [1.82, 2.24) is 0 Å². The molecular weight excluding hydrogens is 305 g/mol. The van der Waals surface area contributed by atoms with Gasteiger partial charge in [-0.25, -0.2) is 0 Å². The van der Waals surface area contributed by atoms with Crippen LogP contribution in [0, 0.1) is 0 Å². The van der Waals surface area contributed by atoms with Crippen LogP contribution in [0.5, 0.6) is 5.75 Å². The predicted molar refractivity (Wildman–Crippen MR) is 66.7 cm³/mol. The molecule has 1 rings (SSSR count). The van der Waals surface area contributed by atoms with Gasteiger partial charge in [0.1, 0.15) is 0 Å². The molecule has 0 atom stereocenters. The number of hydrogen-bond donors (Lipinski definition) is 2. The Morgan fingerprint density at radius 1 is 1.24 bits per heavy atom. The molecule has 0 spiro atoms. The first-order valence-corrected chi connectivity index (χ1v) is 13.0. The zero-order chi connectivity index (χ0) is 13.1. The third-order valence-corrected chi connectivity index (χ3v) is 10.2. The van der Waals surface area contributed by atoms with Crippen LogP contribution in [0.1, 0.15) is 5.56 Å². The van der Waals surface area contributed by atoms with Crippen molar-refractivity contribution in [2.45, 2.75) is 23.2 Å². The first-order valence-electron chi connectivity index (χ1n) is 5.14. The summed E-state index contributed by atoms with van der Waals surface area (Å²) in [6.45, 7) is 0. The normalized spacial score (nSPS) is 12.6. The Hall–Kier alpha value is -0.567. The van der Waals surface area contributed by atoms with Gasteiger partial charge in [-0.15, -0.1) is 0 Å². The predicted octanol–water partition coefficient (Wildman–Crippen LogP) is 1.96. The Bertz CT molecular complexity index is 466. The molecule has 7 heteroatoms. The van der Waals surface area contributed by atoms with E-state index in [-0.39, 0.29) is 5.75 Å². The van der Waals surface area contributed by atoms with Crippen molar-refractivity contribution >= 4 is 24.0 Å². The van der Waals surface area contributed by atoms with E-state index in [2.05, 4.69) is 0 Å². The van der Waals surface area contributed by atoms with Crippen molar-refractivity contribution in [1.29, 1.82) is 0 Å². The number of hydrogen-bond acceptors (Lipinski definition) is 4. The number of phenols is 1. The molecule has 0 heterocycles. The first-order chi connectivity index (χ1) is 7.68. The van der Waals surface area contributed by atoms with Crippen LogP contribution >= 0.6 is 0 Å². The number of aryl methyl sites for hydroxylation is 1. The molecule has 96 valence electrons. The molecule has 0 saturated carbocycles. The summed E-state index contributed by atoms with van der Waals surface area (Å²) in [5.41, 5.74) is 1.00. The standard InChI is InChI=1S/C10H16GeO5S/c1-11(2,16-17(13,14)15)8-7-9-3-5-10(12)6-4-9/h3-6,12H,7-8H2,1-2H3,(H,13,14,15). The van der Waals surface area contributed by atoms with E-state index in [1.54, 1.807) is 35.8 Å². The maximum atomic E-state index is 10.7. The van der Waals surface area contributed by atoms with Gasteiger partial charge in [0.2, 0.25) is 0 Å². The number of rotatable bonds is 5. The van der Waals surface area contributed by atoms with Gasteiger partial charge in [0, 0.05) is 0 Å². The van der Waals surface area contributed by atoms with Crippen LogP contribution in [-0.4, -0.2) is 31.7 Å². The van der Waals surface area contributed by atoms with Gasteiger partial charge < -0.3 is 0 Å². The van der Waals surface area contributed by atoms with Gasteiger partial charge in [0.25, 0.3) is 0 Å². The Morgan fingerprint density at radius 3 is 2.24 bits per heavy atom. The molecule has 0 aliphatic rings. The summed E-state index contributed by atoms with van der Waals surface area (Å²) in [5.74, 6) is 3.74. The molecule has 0 amide bonds. The van der Waals surface area contributed by atoms with E-state index in [0.717, 1.165) is 5.56 Å².